The van der Waals surface area contributed by atoms with Crippen LogP contribution in [0.5, 0.6) is 0 Å². The Hall–Kier alpha value is -3.10. The zero-order valence-corrected chi connectivity index (χ0v) is 14.6. The highest BCUT2D eigenvalue weighted by Crippen LogP contribution is 2.32. The zero-order valence-electron chi connectivity index (χ0n) is 14.6. The molecule has 5 heteroatoms. The minimum Gasteiger partial charge on any atom is -0.350 e. The van der Waals surface area contributed by atoms with Crippen LogP contribution >= 0.6 is 0 Å². The molecule has 1 amide bonds. The molecule has 5 nitrogen and oxygen atoms in total. The van der Waals surface area contributed by atoms with Crippen LogP contribution in [0.2, 0.25) is 0 Å². The standard InChI is InChI=1S/C21H20N4O/c1-25-13-19(16-7-8-23-12-16)18-10-17(5-6-20(18)25)24-21(26)15-4-2-3-14(9-15)11-22/h2-6,9-10,13,16,23H,7-8,12H2,1H3,(H,24,26). The third kappa shape index (κ3) is 2.96. The van der Waals surface area contributed by atoms with Gasteiger partial charge in [-0.2, -0.15) is 5.26 Å². The number of hydrogen-bond donors (Lipinski definition) is 2. The van der Waals surface area contributed by atoms with Crippen LogP contribution in [0.15, 0.2) is 48.7 Å². The fourth-order valence-electron chi connectivity index (χ4n) is 3.68. The van der Waals surface area contributed by atoms with Crippen molar-refractivity contribution in [3.05, 3.63) is 65.4 Å². The number of aromatic nitrogens is 1. The van der Waals surface area contributed by atoms with Crippen LogP contribution in [-0.2, 0) is 7.05 Å². The van der Waals surface area contributed by atoms with E-state index < -0.39 is 0 Å². The lowest BCUT2D eigenvalue weighted by atomic mass is 9.97. The first-order chi connectivity index (χ1) is 12.7. The lowest BCUT2D eigenvalue weighted by molar-refractivity contribution is 0.102. The first-order valence-corrected chi connectivity index (χ1v) is 8.77. The van der Waals surface area contributed by atoms with Crippen molar-refractivity contribution in [2.24, 2.45) is 7.05 Å². The number of fused-ring (bicyclic) bond motifs is 1. The van der Waals surface area contributed by atoms with Crippen LogP contribution in [0.25, 0.3) is 10.9 Å². The lowest BCUT2D eigenvalue weighted by Crippen LogP contribution is -2.12. The molecular weight excluding hydrogens is 324 g/mol. The van der Waals surface area contributed by atoms with Crippen molar-refractivity contribution in [1.82, 2.24) is 9.88 Å². The zero-order chi connectivity index (χ0) is 18.1. The van der Waals surface area contributed by atoms with Gasteiger partial charge in [-0.3, -0.25) is 4.79 Å². The molecule has 0 radical (unpaired) electrons. The number of carbonyl (C=O) groups is 1. The molecule has 2 N–H and O–H groups in total. The summed E-state index contributed by atoms with van der Waals surface area (Å²) in [5, 5.41) is 16.6. The smallest absolute Gasteiger partial charge is 0.255 e. The summed E-state index contributed by atoms with van der Waals surface area (Å²) in [6, 6.07) is 14.8. The Morgan fingerprint density at radius 1 is 1.31 bits per heavy atom. The number of carbonyl (C=O) groups excluding carboxylic acids is 1. The molecule has 0 aliphatic carbocycles. The van der Waals surface area contributed by atoms with Crippen molar-refractivity contribution in [3.8, 4) is 6.07 Å². The highest BCUT2D eigenvalue weighted by atomic mass is 16.1. The Labute approximate surface area is 152 Å². The molecule has 26 heavy (non-hydrogen) atoms. The molecular formula is C21H20N4O. The molecule has 1 unspecified atom stereocenters. The largest absolute Gasteiger partial charge is 0.350 e. The van der Waals surface area contributed by atoms with Crippen molar-refractivity contribution in [2.75, 3.05) is 18.4 Å². The van der Waals surface area contributed by atoms with Crippen LogP contribution in [0, 0.1) is 11.3 Å². The maximum atomic E-state index is 12.5. The molecule has 0 spiro atoms. The SMILES string of the molecule is Cn1cc(C2CCNC2)c2cc(NC(=O)c3cccc(C#N)c3)ccc21. The van der Waals surface area contributed by atoms with Crippen molar-refractivity contribution < 1.29 is 4.79 Å². The Morgan fingerprint density at radius 2 is 2.19 bits per heavy atom. The van der Waals surface area contributed by atoms with Crippen LogP contribution in [0.1, 0.15) is 33.8 Å². The molecule has 1 fully saturated rings. The molecule has 2 aromatic carbocycles. The quantitative estimate of drug-likeness (QED) is 0.765. The number of aryl methyl sites for hydroxylation is 1. The van der Waals surface area contributed by atoms with Crippen molar-refractivity contribution >= 4 is 22.5 Å². The molecule has 4 rings (SSSR count). The van der Waals surface area contributed by atoms with Gasteiger partial charge < -0.3 is 15.2 Å². The number of nitrogens with zero attached hydrogens (tertiary/aromatic N) is 2. The summed E-state index contributed by atoms with van der Waals surface area (Å²) in [4.78, 5) is 12.5. The highest BCUT2D eigenvalue weighted by Gasteiger charge is 2.21. The van der Waals surface area contributed by atoms with Gasteiger partial charge >= 0.3 is 0 Å². The molecule has 1 saturated heterocycles. The van der Waals surface area contributed by atoms with E-state index in [4.69, 9.17) is 5.26 Å². The van der Waals surface area contributed by atoms with Gasteiger partial charge in [0.15, 0.2) is 0 Å². The predicted octanol–water partition coefficient (Wildman–Crippen LogP) is 3.38. The van der Waals surface area contributed by atoms with Gasteiger partial charge in [0.05, 0.1) is 11.6 Å². The van der Waals surface area contributed by atoms with Gasteiger partial charge in [-0.15, -0.1) is 0 Å². The monoisotopic (exact) mass is 344 g/mol. The maximum absolute atomic E-state index is 12.5. The molecule has 0 saturated carbocycles. The van der Waals surface area contributed by atoms with Crippen LogP contribution < -0.4 is 10.6 Å². The number of nitriles is 1. The normalized spacial score (nSPS) is 16.5. The van der Waals surface area contributed by atoms with Crippen molar-refractivity contribution in [2.45, 2.75) is 12.3 Å². The predicted molar refractivity (Wildman–Crippen MR) is 102 cm³/mol. The van der Waals surface area contributed by atoms with E-state index in [0.717, 1.165) is 30.7 Å². The van der Waals surface area contributed by atoms with E-state index in [1.807, 2.05) is 12.1 Å². The average Bonchev–Trinajstić information content (AvgIpc) is 3.30. The van der Waals surface area contributed by atoms with Crippen molar-refractivity contribution in [1.29, 1.82) is 5.26 Å². The van der Waals surface area contributed by atoms with Gasteiger partial charge in [0.1, 0.15) is 0 Å². The summed E-state index contributed by atoms with van der Waals surface area (Å²) in [5.74, 6) is 0.304. The Bertz CT molecular complexity index is 1020. The van der Waals surface area contributed by atoms with E-state index in [1.165, 1.54) is 10.9 Å². The van der Waals surface area contributed by atoms with Crippen LogP contribution in [0.3, 0.4) is 0 Å². The Kier molecular flexibility index (Phi) is 4.19. The third-order valence-corrected chi connectivity index (χ3v) is 5.03. The minimum atomic E-state index is -0.207. The number of benzene rings is 2. The maximum Gasteiger partial charge on any atom is 0.255 e. The fourth-order valence-corrected chi connectivity index (χ4v) is 3.68. The summed E-state index contributed by atoms with van der Waals surface area (Å²) in [6.07, 6.45) is 3.33. The molecule has 0 bridgehead atoms. The topological polar surface area (TPSA) is 69.8 Å². The summed E-state index contributed by atoms with van der Waals surface area (Å²) >= 11 is 0. The Morgan fingerprint density at radius 3 is 2.96 bits per heavy atom. The van der Waals surface area contributed by atoms with Gasteiger partial charge in [-0.1, -0.05) is 6.07 Å². The van der Waals surface area contributed by atoms with Gasteiger partial charge in [0.2, 0.25) is 0 Å². The van der Waals surface area contributed by atoms with Crippen LogP contribution in [-0.4, -0.2) is 23.6 Å². The fraction of sp³-hybridized carbons (Fsp3) is 0.238. The van der Waals surface area contributed by atoms with E-state index in [9.17, 15) is 4.79 Å². The summed E-state index contributed by atoms with van der Waals surface area (Å²) < 4.78 is 2.14. The molecule has 1 aromatic heterocycles. The number of anilines is 1. The first-order valence-electron chi connectivity index (χ1n) is 8.77. The van der Waals surface area contributed by atoms with Gasteiger partial charge in [0.25, 0.3) is 5.91 Å². The van der Waals surface area contributed by atoms with Gasteiger partial charge in [-0.25, -0.2) is 0 Å². The summed E-state index contributed by atoms with van der Waals surface area (Å²) in [6.45, 7) is 2.05. The Balaban J connectivity index is 1.65. The van der Waals surface area contributed by atoms with E-state index in [1.54, 1.807) is 24.3 Å². The lowest BCUT2D eigenvalue weighted by Gasteiger charge is -2.09. The second kappa shape index (κ2) is 6.66. The average molecular weight is 344 g/mol. The second-order valence-electron chi connectivity index (χ2n) is 6.76. The number of nitrogens with one attached hydrogen (secondary N) is 2. The third-order valence-electron chi connectivity index (χ3n) is 5.03. The summed E-state index contributed by atoms with van der Waals surface area (Å²) in [7, 11) is 2.06. The van der Waals surface area contributed by atoms with Gasteiger partial charge in [0, 0.05) is 41.9 Å². The number of rotatable bonds is 3. The van der Waals surface area contributed by atoms with Crippen molar-refractivity contribution in [3.63, 3.8) is 0 Å². The molecule has 1 atom stereocenters. The minimum absolute atomic E-state index is 0.207. The van der Waals surface area contributed by atoms with E-state index in [2.05, 4.69) is 40.6 Å². The first kappa shape index (κ1) is 16.4. The van der Waals surface area contributed by atoms with E-state index in [0.29, 0.717) is 17.0 Å². The van der Waals surface area contributed by atoms with E-state index in [-0.39, 0.29) is 5.91 Å². The molecule has 130 valence electrons. The highest BCUT2D eigenvalue weighted by molar-refractivity contribution is 6.05. The second-order valence-corrected chi connectivity index (χ2v) is 6.76. The number of hydrogen-bond acceptors (Lipinski definition) is 3. The molecule has 3 aromatic rings. The molecule has 1 aliphatic rings. The number of amides is 1. The molecule has 2 heterocycles. The van der Waals surface area contributed by atoms with Crippen LogP contribution in [0.4, 0.5) is 5.69 Å². The van der Waals surface area contributed by atoms with E-state index >= 15 is 0 Å². The molecule has 1 aliphatic heterocycles. The van der Waals surface area contributed by atoms with Gasteiger partial charge in [-0.05, 0) is 60.8 Å². The summed E-state index contributed by atoms with van der Waals surface area (Å²) in [5.41, 5.74) is 4.22.